The fourth-order valence-electron chi connectivity index (χ4n) is 5.09. The lowest BCUT2D eigenvalue weighted by Gasteiger charge is -2.47. The molecular weight excluding hydrogens is 464 g/mol. The molecule has 0 unspecified atom stereocenters. The van der Waals surface area contributed by atoms with E-state index in [9.17, 15) is 0 Å². The molecule has 0 saturated heterocycles. The van der Waals surface area contributed by atoms with Crippen LogP contribution in [0, 0.1) is 10.8 Å². The maximum absolute atomic E-state index is 5.63. The fourth-order valence-corrected chi connectivity index (χ4v) is 5.57. The van der Waals surface area contributed by atoms with Gasteiger partial charge in [0.05, 0.1) is 14.2 Å². The molecule has 3 rings (SSSR count). The first-order valence-corrected chi connectivity index (χ1v) is 12.3. The molecule has 184 valence electrons. The van der Waals surface area contributed by atoms with Gasteiger partial charge in [-0.1, -0.05) is 32.9 Å². The van der Waals surface area contributed by atoms with E-state index in [1.54, 1.807) is 14.2 Å². The predicted octanol–water partition coefficient (Wildman–Crippen LogP) is 5.56. The Kier molecular flexibility index (Phi) is 8.60. The number of rotatable bonds is 7. The van der Waals surface area contributed by atoms with E-state index in [0.29, 0.717) is 10.2 Å². The molecule has 0 bridgehead atoms. The average Bonchev–Trinajstić information content (AvgIpc) is 2.76. The molecule has 0 radical (unpaired) electrons. The molecule has 8 heteroatoms. The van der Waals surface area contributed by atoms with E-state index in [1.807, 2.05) is 48.5 Å². The maximum Gasteiger partial charge on any atom is 0.170 e. The highest BCUT2D eigenvalue weighted by atomic mass is 32.1. The Bertz CT molecular complexity index is 1010. The van der Waals surface area contributed by atoms with Gasteiger partial charge in [-0.25, -0.2) is 0 Å². The third kappa shape index (κ3) is 7.74. The van der Waals surface area contributed by atoms with Gasteiger partial charge >= 0.3 is 0 Å². The molecular formula is C26H36N4O2S2. The number of thiocarbonyl (C=S) groups is 2. The molecule has 0 heterocycles. The van der Waals surface area contributed by atoms with Gasteiger partial charge in [-0.3, -0.25) is 0 Å². The van der Waals surface area contributed by atoms with Gasteiger partial charge in [-0.15, -0.1) is 0 Å². The van der Waals surface area contributed by atoms with Crippen LogP contribution < -0.4 is 30.7 Å². The van der Waals surface area contributed by atoms with Crippen LogP contribution in [-0.4, -0.2) is 37.0 Å². The molecule has 1 saturated carbocycles. The summed E-state index contributed by atoms with van der Waals surface area (Å²) in [5.41, 5.74) is 2.05. The van der Waals surface area contributed by atoms with E-state index < -0.39 is 0 Å². The highest BCUT2D eigenvalue weighted by Crippen LogP contribution is 2.45. The Morgan fingerprint density at radius 1 is 0.882 bits per heavy atom. The van der Waals surface area contributed by atoms with Crippen molar-refractivity contribution in [1.29, 1.82) is 0 Å². The maximum atomic E-state index is 5.63. The van der Waals surface area contributed by atoms with E-state index >= 15 is 0 Å². The zero-order valence-corrected chi connectivity index (χ0v) is 22.3. The topological polar surface area (TPSA) is 66.6 Å². The van der Waals surface area contributed by atoms with Crippen molar-refractivity contribution in [3.8, 4) is 11.5 Å². The molecule has 34 heavy (non-hydrogen) atoms. The zero-order valence-electron chi connectivity index (χ0n) is 20.7. The lowest BCUT2D eigenvalue weighted by atomic mass is 9.62. The van der Waals surface area contributed by atoms with Gasteiger partial charge in [0.1, 0.15) is 11.5 Å². The first-order valence-electron chi connectivity index (χ1n) is 11.5. The number of hydrogen-bond donors (Lipinski definition) is 4. The molecule has 0 aromatic heterocycles. The minimum Gasteiger partial charge on any atom is -0.497 e. The van der Waals surface area contributed by atoms with Crippen LogP contribution in [0.4, 0.5) is 11.4 Å². The number of anilines is 2. The summed E-state index contributed by atoms with van der Waals surface area (Å²) in [6.07, 6.45) is 3.14. The Labute approximate surface area is 214 Å². The Morgan fingerprint density at radius 2 is 1.44 bits per heavy atom. The van der Waals surface area contributed by atoms with Crippen LogP contribution in [0.1, 0.15) is 40.0 Å². The molecule has 4 N–H and O–H groups in total. The molecule has 2 atom stereocenters. The predicted molar refractivity (Wildman–Crippen MR) is 149 cm³/mol. The summed E-state index contributed by atoms with van der Waals surface area (Å²) in [5, 5.41) is 14.8. The summed E-state index contributed by atoms with van der Waals surface area (Å²) in [5.74, 6) is 1.59. The van der Waals surface area contributed by atoms with Crippen molar-refractivity contribution in [3.63, 3.8) is 0 Å². The zero-order chi connectivity index (χ0) is 24.8. The average molecular weight is 501 g/mol. The highest BCUT2D eigenvalue weighted by molar-refractivity contribution is 7.80. The molecule has 2 aromatic rings. The highest BCUT2D eigenvalue weighted by Gasteiger charge is 2.41. The number of hydrogen-bond acceptors (Lipinski definition) is 4. The van der Waals surface area contributed by atoms with Crippen molar-refractivity contribution in [2.45, 2.75) is 46.1 Å². The smallest absolute Gasteiger partial charge is 0.170 e. The summed E-state index contributed by atoms with van der Waals surface area (Å²) in [4.78, 5) is 0. The van der Waals surface area contributed by atoms with Crippen LogP contribution in [0.3, 0.4) is 0 Å². The molecule has 0 spiro atoms. The number of ether oxygens (including phenoxy) is 2. The third-order valence-electron chi connectivity index (χ3n) is 6.11. The summed E-state index contributed by atoms with van der Waals surface area (Å²) in [7, 11) is 3.32. The van der Waals surface area contributed by atoms with Crippen LogP contribution in [0.2, 0.25) is 0 Å². The van der Waals surface area contributed by atoms with Gasteiger partial charge in [0, 0.05) is 36.1 Å². The van der Waals surface area contributed by atoms with Gasteiger partial charge < -0.3 is 30.7 Å². The minimum absolute atomic E-state index is 0.0606. The van der Waals surface area contributed by atoms with Crippen LogP contribution in [0.5, 0.6) is 11.5 Å². The van der Waals surface area contributed by atoms with Gasteiger partial charge in [0.2, 0.25) is 0 Å². The fraction of sp³-hybridized carbons (Fsp3) is 0.462. The largest absolute Gasteiger partial charge is 0.497 e. The first-order chi connectivity index (χ1) is 16.1. The lowest BCUT2D eigenvalue weighted by molar-refractivity contribution is 0.0807. The van der Waals surface area contributed by atoms with Gasteiger partial charge in [-0.2, -0.15) is 0 Å². The van der Waals surface area contributed by atoms with Gasteiger partial charge in [-0.05, 0) is 78.8 Å². The van der Waals surface area contributed by atoms with Crippen molar-refractivity contribution in [2.75, 3.05) is 31.4 Å². The summed E-state index contributed by atoms with van der Waals surface area (Å²) >= 11 is 11.2. The van der Waals surface area contributed by atoms with E-state index in [4.69, 9.17) is 33.9 Å². The van der Waals surface area contributed by atoms with E-state index in [1.165, 1.54) is 0 Å². The number of nitrogens with one attached hydrogen (secondary N) is 4. The second-order valence-corrected chi connectivity index (χ2v) is 10.9. The van der Waals surface area contributed by atoms with Crippen molar-refractivity contribution in [2.24, 2.45) is 10.8 Å². The van der Waals surface area contributed by atoms with Crippen LogP contribution in [0.15, 0.2) is 48.5 Å². The number of methoxy groups -OCH3 is 2. The van der Waals surface area contributed by atoms with Crippen molar-refractivity contribution >= 4 is 46.0 Å². The van der Waals surface area contributed by atoms with E-state index in [-0.39, 0.29) is 16.9 Å². The second kappa shape index (κ2) is 11.2. The molecule has 0 amide bonds. The molecule has 1 aliphatic rings. The Hall–Kier alpha value is -2.58. The third-order valence-corrected chi connectivity index (χ3v) is 6.58. The van der Waals surface area contributed by atoms with Gasteiger partial charge in [0.25, 0.3) is 0 Å². The lowest BCUT2D eigenvalue weighted by Crippen LogP contribution is -2.51. The Balaban J connectivity index is 1.57. The van der Waals surface area contributed by atoms with E-state index in [0.717, 1.165) is 48.7 Å². The Morgan fingerprint density at radius 3 is 2.00 bits per heavy atom. The molecule has 0 aliphatic heterocycles. The summed E-state index contributed by atoms with van der Waals surface area (Å²) < 4.78 is 10.6. The molecule has 1 fully saturated rings. The SMILES string of the molecule is COc1cccc(NC(=S)NC[C@]2(C)C[C@H](NC(=S)Nc3cccc(OC)c3)CC(C)(C)C2)c1. The molecule has 2 aromatic carbocycles. The van der Waals surface area contributed by atoms with Crippen molar-refractivity contribution in [3.05, 3.63) is 48.5 Å². The van der Waals surface area contributed by atoms with Crippen LogP contribution in [-0.2, 0) is 0 Å². The van der Waals surface area contributed by atoms with Crippen molar-refractivity contribution in [1.82, 2.24) is 10.6 Å². The minimum atomic E-state index is 0.0606. The molecule has 6 nitrogen and oxygen atoms in total. The summed E-state index contributed by atoms with van der Waals surface area (Å²) in [6.45, 7) is 7.75. The van der Waals surface area contributed by atoms with Gasteiger partial charge in [0.15, 0.2) is 10.2 Å². The monoisotopic (exact) mass is 500 g/mol. The quantitative estimate of drug-likeness (QED) is 0.369. The van der Waals surface area contributed by atoms with Crippen molar-refractivity contribution < 1.29 is 9.47 Å². The normalized spacial score (nSPS) is 21.1. The summed E-state index contributed by atoms with van der Waals surface area (Å²) in [6, 6.07) is 15.8. The number of benzene rings is 2. The molecule has 1 aliphatic carbocycles. The van der Waals surface area contributed by atoms with E-state index in [2.05, 4.69) is 42.0 Å². The van der Waals surface area contributed by atoms with Crippen LogP contribution >= 0.6 is 24.4 Å². The standard InChI is InChI=1S/C26H36N4O2S2/c1-25(2)14-20(30-24(34)29-19-9-7-11-22(13-19)32-5)15-26(3,16-25)17-27-23(33)28-18-8-6-10-21(12-18)31-4/h6-13,20H,14-17H2,1-5H3,(H2,27,28,33)(H2,29,30,34)/t20-,26-/m1/s1. The van der Waals surface area contributed by atoms with Crippen LogP contribution in [0.25, 0.3) is 0 Å². The second-order valence-electron chi connectivity index (χ2n) is 10.1. The first kappa shape index (κ1) is 26.0.